The summed E-state index contributed by atoms with van der Waals surface area (Å²) in [5.74, 6) is -0.0802. The Kier molecular flexibility index (Phi) is 5.30. The van der Waals surface area contributed by atoms with E-state index in [0.29, 0.717) is 11.1 Å². The number of phenolic OH excluding ortho intramolecular Hbond substituents is 1. The number of aromatic hydroxyl groups is 1. The second-order valence-electron chi connectivity index (χ2n) is 4.53. The van der Waals surface area contributed by atoms with Crippen LogP contribution in [0.1, 0.15) is 15.9 Å². The minimum absolute atomic E-state index is 0.0479. The maximum Gasteiger partial charge on any atom is 0.387 e. The minimum atomic E-state index is -2.87. The van der Waals surface area contributed by atoms with Crippen molar-refractivity contribution in [2.75, 3.05) is 7.11 Å². The molecule has 0 aliphatic rings. The quantitative estimate of drug-likeness (QED) is 0.648. The zero-order chi connectivity index (χ0) is 16.8. The Bertz CT molecular complexity index is 709. The number of carbonyl (C=O) groups excluding carboxylic acids is 1. The van der Waals surface area contributed by atoms with Crippen molar-refractivity contribution < 1.29 is 28.2 Å². The predicted molar refractivity (Wildman–Crippen MR) is 81.1 cm³/mol. The first-order valence-electron chi connectivity index (χ1n) is 6.64. The van der Waals surface area contributed by atoms with Crippen LogP contribution in [0.4, 0.5) is 8.78 Å². The molecule has 4 nitrogen and oxygen atoms in total. The molecule has 0 aliphatic heterocycles. The number of hydrogen-bond donors (Lipinski definition) is 1. The number of phenols is 1. The molecule has 0 fully saturated rings. The fourth-order valence-corrected chi connectivity index (χ4v) is 1.86. The van der Waals surface area contributed by atoms with Crippen molar-refractivity contribution in [3.63, 3.8) is 0 Å². The maximum absolute atomic E-state index is 12.1. The summed E-state index contributed by atoms with van der Waals surface area (Å²) in [5.41, 5.74) is 1.01. The third kappa shape index (κ3) is 4.54. The molecule has 0 saturated heterocycles. The van der Waals surface area contributed by atoms with Crippen LogP contribution in [-0.4, -0.2) is 24.6 Å². The average molecular weight is 320 g/mol. The topological polar surface area (TPSA) is 55.8 Å². The Hall–Kier alpha value is -2.89. The summed E-state index contributed by atoms with van der Waals surface area (Å²) < 4.78 is 33.3. The Labute approximate surface area is 131 Å². The van der Waals surface area contributed by atoms with Gasteiger partial charge in [0.25, 0.3) is 0 Å². The van der Waals surface area contributed by atoms with Crippen LogP contribution in [0.25, 0.3) is 6.08 Å². The molecule has 0 saturated carbocycles. The predicted octanol–water partition coefficient (Wildman–Crippen LogP) is 3.90. The van der Waals surface area contributed by atoms with Gasteiger partial charge in [-0.05, 0) is 42.0 Å². The van der Waals surface area contributed by atoms with Crippen LogP contribution in [0.3, 0.4) is 0 Å². The van der Waals surface area contributed by atoms with Crippen LogP contribution in [0.5, 0.6) is 17.2 Å². The van der Waals surface area contributed by atoms with Gasteiger partial charge in [0.1, 0.15) is 5.75 Å². The molecule has 0 atom stereocenters. The Morgan fingerprint density at radius 1 is 1.17 bits per heavy atom. The van der Waals surface area contributed by atoms with Crippen LogP contribution in [-0.2, 0) is 0 Å². The van der Waals surface area contributed by atoms with E-state index in [9.17, 15) is 18.7 Å². The number of alkyl halides is 2. The first kappa shape index (κ1) is 16.5. The van der Waals surface area contributed by atoms with Crippen molar-refractivity contribution in [2.24, 2.45) is 0 Å². The Morgan fingerprint density at radius 3 is 2.48 bits per heavy atom. The van der Waals surface area contributed by atoms with Crippen LogP contribution >= 0.6 is 0 Å². The molecule has 23 heavy (non-hydrogen) atoms. The highest BCUT2D eigenvalue weighted by atomic mass is 19.3. The summed E-state index contributed by atoms with van der Waals surface area (Å²) in [4.78, 5) is 12.1. The smallest absolute Gasteiger partial charge is 0.387 e. The lowest BCUT2D eigenvalue weighted by atomic mass is 10.1. The number of benzene rings is 2. The Balaban J connectivity index is 2.08. The molecule has 2 rings (SSSR count). The molecule has 0 radical (unpaired) electrons. The van der Waals surface area contributed by atoms with Crippen molar-refractivity contribution in [3.05, 3.63) is 59.7 Å². The van der Waals surface area contributed by atoms with Crippen LogP contribution in [0.2, 0.25) is 0 Å². The van der Waals surface area contributed by atoms with Gasteiger partial charge in [0, 0.05) is 5.56 Å². The maximum atomic E-state index is 12.1. The lowest BCUT2D eigenvalue weighted by Gasteiger charge is -2.05. The second-order valence-corrected chi connectivity index (χ2v) is 4.53. The summed E-state index contributed by atoms with van der Waals surface area (Å²) in [7, 11) is 1.39. The summed E-state index contributed by atoms with van der Waals surface area (Å²) in [5, 5.41) is 9.49. The molecule has 1 N–H and O–H groups in total. The lowest BCUT2D eigenvalue weighted by Crippen LogP contribution is -2.01. The fourth-order valence-electron chi connectivity index (χ4n) is 1.86. The van der Waals surface area contributed by atoms with E-state index in [-0.39, 0.29) is 23.0 Å². The van der Waals surface area contributed by atoms with Gasteiger partial charge in [-0.25, -0.2) is 0 Å². The first-order valence-corrected chi connectivity index (χ1v) is 6.64. The van der Waals surface area contributed by atoms with Gasteiger partial charge in [0.2, 0.25) is 0 Å². The van der Waals surface area contributed by atoms with E-state index in [2.05, 4.69) is 4.74 Å². The number of carbonyl (C=O) groups is 1. The van der Waals surface area contributed by atoms with Gasteiger partial charge in [0.05, 0.1) is 7.11 Å². The molecule has 0 aliphatic carbocycles. The molecule has 2 aromatic rings. The normalized spacial score (nSPS) is 11.0. The van der Waals surface area contributed by atoms with Gasteiger partial charge in [-0.1, -0.05) is 18.2 Å². The molecule has 0 amide bonds. The third-order valence-electron chi connectivity index (χ3n) is 3.00. The molecule has 2 aromatic carbocycles. The SMILES string of the molecule is COc1cc(C(=O)C=Cc2ccc(OC(F)F)cc2)ccc1O. The highest BCUT2D eigenvalue weighted by Gasteiger charge is 2.07. The molecule has 0 unspecified atom stereocenters. The van der Waals surface area contributed by atoms with E-state index in [1.807, 2.05) is 0 Å². The number of hydrogen-bond acceptors (Lipinski definition) is 4. The third-order valence-corrected chi connectivity index (χ3v) is 3.00. The molecule has 0 spiro atoms. The van der Waals surface area contributed by atoms with Crippen molar-refractivity contribution >= 4 is 11.9 Å². The summed E-state index contributed by atoms with van der Waals surface area (Å²) in [6.07, 6.45) is 2.89. The number of allylic oxidation sites excluding steroid dienone is 1. The number of methoxy groups -OCH3 is 1. The summed E-state index contributed by atoms with van der Waals surface area (Å²) in [6, 6.07) is 10.2. The van der Waals surface area contributed by atoms with E-state index >= 15 is 0 Å². The molecule has 120 valence electrons. The van der Waals surface area contributed by atoms with Gasteiger partial charge in [0.15, 0.2) is 17.3 Å². The average Bonchev–Trinajstić information content (AvgIpc) is 2.54. The fraction of sp³-hybridized carbons (Fsp3) is 0.118. The van der Waals surface area contributed by atoms with Crippen molar-refractivity contribution in [3.8, 4) is 17.2 Å². The number of halogens is 2. The van der Waals surface area contributed by atoms with E-state index in [1.165, 1.54) is 43.5 Å². The van der Waals surface area contributed by atoms with E-state index in [1.54, 1.807) is 18.2 Å². The van der Waals surface area contributed by atoms with Crippen LogP contribution in [0, 0.1) is 0 Å². The Morgan fingerprint density at radius 2 is 1.87 bits per heavy atom. The summed E-state index contributed by atoms with van der Waals surface area (Å²) in [6.45, 7) is -2.87. The van der Waals surface area contributed by atoms with Crippen molar-refractivity contribution in [1.82, 2.24) is 0 Å². The van der Waals surface area contributed by atoms with Gasteiger partial charge in [-0.2, -0.15) is 8.78 Å². The van der Waals surface area contributed by atoms with Gasteiger partial charge in [-0.3, -0.25) is 4.79 Å². The standard InChI is InChI=1S/C17H14F2O4/c1-22-16-10-12(5-9-15(16)21)14(20)8-4-11-2-6-13(7-3-11)23-17(18)19/h2-10,17,21H,1H3. The van der Waals surface area contributed by atoms with E-state index in [4.69, 9.17) is 4.74 Å². The lowest BCUT2D eigenvalue weighted by molar-refractivity contribution is -0.0498. The number of ether oxygens (including phenoxy) is 2. The molecular weight excluding hydrogens is 306 g/mol. The van der Waals surface area contributed by atoms with Crippen LogP contribution in [0.15, 0.2) is 48.5 Å². The number of ketones is 1. The molecule has 0 aromatic heterocycles. The highest BCUT2D eigenvalue weighted by molar-refractivity contribution is 6.07. The van der Waals surface area contributed by atoms with E-state index in [0.717, 1.165) is 0 Å². The minimum Gasteiger partial charge on any atom is -0.504 e. The zero-order valence-electron chi connectivity index (χ0n) is 12.2. The van der Waals surface area contributed by atoms with Crippen LogP contribution < -0.4 is 9.47 Å². The largest absolute Gasteiger partial charge is 0.504 e. The van der Waals surface area contributed by atoms with Gasteiger partial charge < -0.3 is 14.6 Å². The monoisotopic (exact) mass is 320 g/mol. The molecule has 0 heterocycles. The van der Waals surface area contributed by atoms with Crippen molar-refractivity contribution in [1.29, 1.82) is 0 Å². The first-order chi connectivity index (χ1) is 11.0. The molecule has 6 heteroatoms. The second kappa shape index (κ2) is 7.40. The van der Waals surface area contributed by atoms with Crippen molar-refractivity contribution in [2.45, 2.75) is 6.61 Å². The summed E-state index contributed by atoms with van der Waals surface area (Å²) >= 11 is 0. The highest BCUT2D eigenvalue weighted by Crippen LogP contribution is 2.26. The molecule has 0 bridgehead atoms. The number of rotatable bonds is 6. The zero-order valence-corrected chi connectivity index (χ0v) is 12.2. The van der Waals surface area contributed by atoms with Gasteiger partial charge in [-0.15, -0.1) is 0 Å². The van der Waals surface area contributed by atoms with Gasteiger partial charge >= 0.3 is 6.61 Å². The van der Waals surface area contributed by atoms with E-state index < -0.39 is 6.61 Å². The molecular formula is C17H14F2O4.